The summed E-state index contributed by atoms with van der Waals surface area (Å²) in [6, 6.07) is 6.91. The number of halogens is 1. The molecule has 24 heavy (non-hydrogen) atoms. The van der Waals surface area contributed by atoms with Crippen molar-refractivity contribution >= 4 is 35.1 Å². The van der Waals surface area contributed by atoms with E-state index in [2.05, 4.69) is 15.6 Å². The van der Waals surface area contributed by atoms with Crippen LogP contribution in [0.25, 0.3) is 10.9 Å². The van der Waals surface area contributed by atoms with Crippen LogP contribution >= 0.6 is 12.4 Å². The first-order valence-electron chi connectivity index (χ1n) is 7.22. The van der Waals surface area contributed by atoms with Crippen molar-refractivity contribution in [2.75, 3.05) is 13.1 Å². The average molecular weight is 353 g/mol. The van der Waals surface area contributed by atoms with Crippen molar-refractivity contribution in [1.29, 1.82) is 0 Å². The van der Waals surface area contributed by atoms with Gasteiger partial charge in [0.2, 0.25) is 11.3 Å². The molecule has 0 saturated carbocycles. The van der Waals surface area contributed by atoms with Crippen LogP contribution in [0.3, 0.4) is 0 Å². The Kier molecular flexibility index (Phi) is 6.51. The van der Waals surface area contributed by atoms with Crippen molar-refractivity contribution in [3.63, 3.8) is 0 Å². The highest BCUT2D eigenvalue weighted by molar-refractivity contribution is 5.98. The largest absolute Gasteiger partial charge is 0.360 e. The van der Waals surface area contributed by atoms with Gasteiger partial charge < -0.3 is 21.4 Å². The molecule has 0 aliphatic heterocycles. The van der Waals surface area contributed by atoms with Crippen molar-refractivity contribution in [3.8, 4) is 0 Å². The second-order valence-electron chi connectivity index (χ2n) is 6.03. The predicted octanol–water partition coefficient (Wildman–Crippen LogP) is 0.533. The van der Waals surface area contributed by atoms with Crippen LogP contribution in [-0.2, 0) is 4.79 Å². The molecule has 1 aromatic heterocycles. The van der Waals surface area contributed by atoms with Crippen LogP contribution in [0.2, 0.25) is 0 Å². The first-order valence-corrected chi connectivity index (χ1v) is 7.22. The molecule has 5 N–H and O–H groups in total. The Morgan fingerprint density at radius 2 is 1.88 bits per heavy atom. The van der Waals surface area contributed by atoms with Crippen LogP contribution in [-0.4, -0.2) is 35.4 Å². The van der Waals surface area contributed by atoms with Crippen molar-refractivity contribution in [1.82, 2.24) is 15.6 Å². The minimum Gasteiger partial charge on any atom is -0.360 e. The molecule has 0 atom stereocenters. The Bertz CT molecular complexity index is 796. The highest BCUT2D eigenvalue weighted by Gasteiger charge is 2.15. The second kappa shape index (κ2) is 7.94. The van der Waals surface area contributed by atoms with Crippen molar-refractivity contribution in [2.24, 2.45) is 5.73 Å². The van der Waals surface area contributed by atoms with Crippen LogP contribution in [0, 0.1) is 0 Å². The van der Waals surface area contributed by atoms with Gasteiger partial charge in [-0.15, -0.1) is 12.4 Å². The summed E-state index contributed by atoms with van der Waals surface area (Å²) in [4.78, 5) is 38.9. The lowest BCUT2D eigenvalue weighted by atomic mass is 10.1. The molecule has 0 radical (unpaired) electrons. The van der Waals surface area contributed by atoms with E-state index in [0.29, 0.717) is 10.9 Å². The highest BCUT2D eigenvalue weighted by Crippen LogP contribution is 2.06. The maximum atomic E-state index is 12.3. The zero-order valence-corrected chi connectivity index (χ0v) is 14.3. The monoisotopic (exact) mass is 352 g/mol. The van der Waals surface area contributed by atoms with Crippen molar-refractivity contribution in [2.45, 2.75) is 19.4 Å². The molecule has 7 nitrogen and oxygen atoms in total. The minimum atomic E-state index is -0.598. The Balaban J connectivity index is 0.00000288. The van der Waals surface area contributed by atoms with Crippen LogP contribution in [0.1, 0.15) is 24.2 Å². The summed E-state index contributed by atoms with van der Waals surface area (Å²) in [5.41, 5.74) is 5.47. The molecule has 0 aliphatic carbocycles. The quantitative estimate of drug-likeness (QED) is 0.628. The van der Waals surface area contributed by atoms with Crippen LogP contribution in [0.4, 0.5) is 0 Å². The molecule has 0 bridgehead atoms. The Morgan fingerprint density at radius 1 is 1.21 bits per heavy atom. The number of hydrogen-bond donors (Lipinski definition) is 4. The standard InChI is InChI=1S/C16H20N4O3.ClH/c1-16(2,17)9-20-13(21)8-19-15(23)11-7-18-12-6-4-3-5-10(12)14(11)22;/h3-7H,8-9,17H2,1-2H3,(H,18,22)(H,19,23)(H,20,21);1H. The van der Waals surface area contributed by atoms with Gasteiger partial charge in [0.25, 0.3) is 5.91 Å². The molecule has 130 valence electrons. The Hall–Kier alpha value is -2.38. The zero-order chi connectivity index (χ0) is 17.0. The fourth-order valence-corrected chi connectivity index (χ4v) is 1.98. The van der Waals surface area contributed by atoms with Gasteiger partial charge in [0.15, 0.2) is 0 Å². The van der Waals surface area contributed by atoms with Crippen molar-refractivity contribution in [3.05, 3.63) is 46.2 Å². The third-order valence-electron chi connectivity index (χ3n) is 3.18. The average Bonchev–Trinajstić information content (AvgIpc) is 2.50. The summed E-state index contributed by atoms with van der Waals surface area (Å²) in [5.74, 6) is -0.965. The van der Waals surface area contributed by atoms with Gasteiger partial charge in [-0.2, -0.15) is 0 Å². The fraction of sp³-hybridized carbons (Fsp3) is 0.312. The number of nitrogens with one attached hydrogen (secondary N) is 3. The molecule has 8 heteroatoms. The number of nitrogens with two attached hydrogens (primary N) is 1. The number of rotatable bonds is 5. The van der Waals surface area contributed by atoms with E-state index in [0.717, 1.165) is 0 Å². The van der Waals surface area contributed by atoms with Gasteiger partial charge in [0.05, 0.1) is 6.54 Å². The number of pyridine rings is 1. The maximum Gasteiger partial charge on any atom is 0.257 e. The lowest BCUT2D eigenvalue weighted by Crippen LogP contribution is -2.47. The normalized spacial score (nSPS) is 10.8. The summed E-state index contributed by atoms with van der Waals surface area (Å²) in [6.45, 7) is 3.63. The number of aromatic amines is 1. The minimum absolute atomic E-state index is 0. The van der Waals surface area contributed by atoms with Crippen LogP contribution in [0.5, 0.6) is 0 Å². The first-order chi connectivity index (χ1) is 10.8. The molecule has 2 aromatic rings. The number of para-hydroxylation sites is 1. The van der Waals surface area contributed by atoms with E-state index in [-0.39, 0.29) is 42.4 Å². The van der Waals surface area contributed by atoms with E-state index in [1.54, 1.807) is 38.1 Å². The molecule has 0 fully saturated rings. The summed E-state index contributed by atoms with van der Waals surface area (Å²) in [7, 11) is 0. The molecule has 2 amide bonds. The van der Waals surface area contributed by atoms with Gasteiger partial charge in [0.1, 0.15) is 5.56 Å². The second-order valence-corrected chi connectivity index (χ2v) is 6.03. The van der Waals surface area contributed by atoms with E-state index >= 15 is 0 Å². The van der Waals surface area contributed by atoms with E-state index in [1.165, 1.54) is 6.20 Å². The number of amides is 2. The molecule has 0 spiro atoms. The van der Waals surface area contributed by atoms with Crippen LogP contribution in [0.15, 0.2) is 35.3 Å². The first kappa shape index (κ1) is 19.7. The number of carbonyl (C=O) groups is 2. The van der Waals surface area contributed by atoms with Gasteiger partial charge in [-0.05, 0) is 26.0 Å². The number of H-pyrrole nitrogens is 1. The zero-order valence-electron chi connectivity index (χ0n) is 13.5. The molecule has 1 aromatic carbocycles. The number of carbonyl (C=O) groups excluding carboxylic acids is 2. The maximum absolute atomic E-state index is 12.3. The van der Waals surface area contributed by atoms with Crippen molar-refractivity contribution < 1.29 is 9.59 Å². The molecule has 0 saturated heterocycles. The lowest BCUT2D eigenvalue weighted by Gasteiger charge is -2.18. The van der Waals surface area contributed by atoms with Gasteiger partial charge >= 0.3 is 0 Å². The van der Waals surface area contributed by atoms with Crippen LogP contribution < -0.4 is 21.8 Å². The van der Waals surface area contributed by atoms with Gasteiger partial charge in [-0.3, -0.25) is 14.4 Å². The summed E-state index contributed by atoms with van der Waals surface area (Å²) in [5, 5.41) is 5.46. The molecule has 1 heterocycles. The summed E-state index contributed by atoms with van der Waals surface area (Å²) >= 11 is 0. The molecule has 0 aliphatic rings. The van der Waals surface area contributed by atoms with Gasteiger partial charge in [0, 0.05) is 29.2 Å². The van der Waals surface area contributed by atoms with E-state index in [4.69, 9.17) is 5.73 Å². The molecular formula is C16H21ClN4O3. The highest BCUT2D eigenvalue weighted by atomic mass is 35.5. The van der Waals surface area contributed by atoms with Gasteiger partial charge in [-0.1, -0.05) is 12.1 Å². The molecule has 0 unspecified atom stereocenters. The fourth-order valence-electron chi connectivity index (χ4n) is 1.98. The molecule has 2 rings (SSSR count). The number of benzene rings is 1. The predicted molar refractivity (Wildman–Crippen MR) is 95.4 cm³/mol. The topological polar surface area (TPSA) is 117 Å². The lowest BCUT2D eigenvalue weighted by molar-refractivity contribution is -0.120. The third-order valence-corrected chi connectivity index (χ3v) is 3.18. The third kappa shape index (κ3) is 5.07. The molecular weight excluding hydrogens is 332 g/mol. The van der Waals surface area contributed by atoms with E-state index in [9.17, 15) is 14.4 Å². The number of aromatic nitrogens is 1. The number of hydrogen-bond acceptors (Lipinski definition) is 4. The smallest absolute Gasteiger partial charge is 0.257 e. The summed E-state index contributed by atoms with van der Waals surface area (Å²) in [6.07, 6.45) is 1.35. The summed E-state index contributed by atoms with van der Waals surface area (Å²) < 4.78 is 0. The SMILES string of the molecule is CC(C)(N)CNC(=O)CNC(=O)c1c[nH]c2ccccc2c1=O.Cl. The number of fused-ring (bicyclic) bond motifs is 1. The van der Waals surface area contributed by atoms with Gasteiger partial charge in [-0.25, -0.2) is 0 Å². The Labute approximate surface area is 145 Å². The van der Waals surface area contributed by atoms with E-state index < -0.39 is 11.4 Å². The Morgan fingerprint density at radius 3 is 2.54 bits per heavy atom. The van der Waals surface area contributed by atoms with E-state index in [1.807, 2.05) is 0 Å².